The predicted octanol–water partition coefficient (Wildman–Crippen LogP) is 6.13. The molecular formula is C32H38BrN3O4S. The van der Waals surface area contributed by atoms with E-state index in [-0.39, 0.29) is 23.4 Å². The van der Waals surface area contributed by atoms with E-state index < -0.39 is 28.5 Å². The second kappa shape index (κ2) is 13.7. The Morgan fingerprint density at radius 2 is 1.63 bits per heavy atom. The van der Waals surface area contributed by atoms with Gasteiger partial charge in [0.05, 0.1) is 10.6 Å². The smallest absolute Gasteiger partial charge is 0.264 e. The molecule has 0 bridgehead atoms. The Hall–Kier alpha value is -3.17. The molecule has 1 unspecified atom stereocenters. The molecule has 0 spiro atoms. The number of amides is 2. The molecule has 0 saturated heterocycles. The zero-order valence-electron chi connectivity index (χ0n) is 23.8. The van der Waals surface area contributed by atoms with Crippen LogP contribution < -0.4 is 9.62 Å². The summed E-state index contributed by atoms with van der Waals surface area (Å²) in [6.07, 6.45) is 5.17. The normalized spacial score (nSPS) is 14.7. The van der Waals surface area contributed by atoms with Gasteiger partial charge in [0.15, 0.2) is 0 Å². The van der Waals surface area contributed by atoms with Crippen LogP contribution >= 0.6 is 15.9 Å². The van der Waals surface area contributed by atoms with Crippen molar-refractivity contribution in [3.05, 3.63) is 94.0 Å². The minimum Gasteiger partial charge on any atom is -0.352 e. The summed E-state index contributed by atoms with van der Waals surface area (Å²) in [5.74, 6) is -0.690. The van der Waals surface area contributed by atoms with Crippen molar-refractivity contribution in [1.29, 1.82) is 0 Å². The highest BCUT2D eigenvalue weighted by molar-refractivity contribution is 9.10. The van der Waals surface area contributed by atoms with Crippen LogP contribution in [-0.4, -0.2) is 43.8 Å². The lowest BCUT2D eigenvalue weighted by Gasteiger charge is -2.33. The number of carbonyl (C=O) groups excluding carboxylic acids is 2. The van der Waals surface area contributed by atoms with Crippen molar-refractivity contribution >= 4 is 43.5 Å². The van der Waals surface area contributed by atoms with Gasteiger partial charge in [0.2, 0.25) is 11.8 Å². The fourth-order valence-corrected chi connectivity index (χ4v) is 6.91. The molecule has 7 nitrogen and oxygen atoms in total. The SMILES string of the molecule is Cc1ccc(S(=O)(=O)N(CC(=O)N(Cc2ccccc2C)C(C)C(=O)NC2CCCCC2)c2cccc(Br)c2)cc1. The maximum atomic E-state index is 14.1. The zero-order chi connectivity index (χ0) is 29.6. The Bertz CT molecular complexity index is 1470. The van der Waals surface area contributed by atoms with Crippen molar-refractivity contribution in [2.24, 2.45) is 0 Å². The molecule has 3 aromatic rings. The van der Waals surface area contributed by atoms with Gasteiger partial charge < -0.3 is 10.2 Å². The average Bonchev–Trinajstić information content (AvgIpc) is 2.95. The van der Waals surface area contributed by atoms with Crippen LogP contribution in [0, 0.1) is 13.8 Å². The number of nitrogens with zero attached hydrogens (tertiary/aromatic N) is 2. The van der Waals surface area contributed by atoms with E-state index in [4.69, 9.17) is 0 Å². The maximum absolute atomic E-state index is 14.1. The largest absolute Gasteiger partial charge is 0.352 e. The Labute approximate surface area is 252 Å². The number of nitrogens with one attached hydrogen (secondary N) is 1. The van der Waals surface area contributed by atoms with E-state index in [0.29, 0.717) is 10.2 Å². The number of aryl methyl sites for hydroxylation is 2. The van der Waals surface area contributed by atoms with Crippen molar-refractivity contribution in [2.75, 3.05) is 10.8 Å². The van der Waals surface area contributed by atoms with Gasteiger partial charge in [-0.05, 0) is 75.1 Å². The number of hydrogen-bond acceptors (Lipinski definition) is 4. The van der Waals surface area contributed by atoms with Crippen LogP contribution in [0.2, 0.25) is 0 Å². The first-order valence-electron chi connectivity index (χ1n) is 14.1. The van der Waals surface area contributed by atoms with Crippen molar-refractivity contribution in [2.45, 2.75) is 76.4 Å². The summed E-state index contributed by atoms with van der Waals surface area (Å²) < 4.78 is 29.7. The minimum absolute atomic E-state index is 0.0874. The van der Waals surface area contributed by atoms with Gasteiger partial charge in [-0.1, -0.05) is 83.2 Å². The van der Waals surface area contributed by atoms with Crippen LogP contribution in [0.15, 0.2) is 82.2 Å². The highest BCUT2D eigenvalue weighted by Gasteiger charge is 2.33. The first-order chi connectivity index (χ1) is 19.6. The summed E-state index contributed by atoms with van der Waals surface area (Å²) in [4.78, 5) is 29.1. The first kappa shape index (κ1) is 30.8. The fraction of sp³-hybridized carbons (Fsp3) is 0.375. The second-order valence-corrected chi connectivity index (χ2v) is 13.6. The molecule has 1 atom stereocenters. The molecule has 4 rings (SSSR count). The Kier molecular flexibility index (Phi) is 10.3. The number of halogens is 1. The molecule has 1 N–H and O–H groups in total. The third-order valence-corrected chi connectivity index (χ3v) is 9.99. The monoisotopic (exact) mass is 639 g/mol. The summed E-state index contributed by atoms with van der Waals surface area (Å²) in [5, 5.41) is 3.14. The highest BCUT2D eigenvalue weighted by Crippen LogP contribution is 2.27. The Morgan fingerprint density at radius 3 is 2.29 bits per heavy atom. The Morgan fingerprint density at radius 1 is 0.951 bits per heavy atom. The maximum Gasteiger partial charge on any atom is 0.264 e. The molecule has 3 aromatic carbocycles. The topological polar surface area (TPSA) is 86.8 Å². The third kappa shape index (κ3) is 7.77. The molecule has 41 heavy (non-hydrogen) atoms. The number of benzene rings is 3. The second-order valence-electron chi connectivity index (χ2n) is 10.8. The van der Waals surface area contributed by atoms with Crippen LogP contribution in [0.1, 0.15) is 55.7 Å². The molecule has 0 heterocycles. The predicted molar refractivity (Wildman–Crippen MR) is 166 cm³/mol. The molecule has 0 aliphatic heterocycles. The molecule has 0 radical (unpaired) electrons. The van der Waals surface area contributed by atoms with Gasteiger partial charge in [-0.15, -0.1) is 0 Å². The van der Waals surface area contributed by atoms with E-state index >= 15 is 0 Å². The number of anilines is 1. The lowest BCUT2D eigenvalue weighted by atomic mass is 9.95. The van der Waals surface area contributed by atoms with Crippen molar-refractivity contribution < 1.29 is 18.0 Å². The van der Waals surface area contributed by atoms with Gasteiger partial charge in [-0.25, -0.2) is 8.42 Å². The number of rotatable bonds is 10. The first-order valence-corrected chi connectivity index (χ1v) is 16.3. The highest BCUT2D eigenvalue weighted by atomic mass is 79.9. The van der Waals surface area contributed by atoms with Gasteiger partial charge in [-0.2, -0.15) is 0 Å². The molecule has 1 fully saturated rings. The lowest BCUT2D eigenvalue weighted by Crippen LogP contribution is -2.53. The summed E-state index contributed by atoms with van der Waals surface area (Å²) in [6.45, 7) is 5.28. The van der Waals surface area contributed by atoms with E-state index in [2.05, 4.69) is 21.2 Å². The molecule has 1 aliphatic carbocycles. The molecular weight excluding hydrogens is 602 g/mol. The van der Waals surface area contributed by atoms with Gasteiger partial charge in [0.1, 0.15) is 12.6 Å². The van der Waals surface area contributed by atoms with Crippen molar-refractivity contribution in [3.63, 3.8) is 0 Å². The van der Waals surface area contributed by atoms with Gasteiger partial charge >= 0.3 is 0 Å². The summed E-state index contributed by atoms with van der Waals surface area (Å²) >= 11 is 3.43. The summed E-state index contributed by atoms with van der Waals surface area (Å²) in [7, 11) is -4.10. The van der Waals surface area contributed by atoms with Crippen LogP contribution in [0.5, 0.6) is 0 Å². The fourth-order valence-electron chi connectivity index (χ4n) is 5.12. The third-order valence-electron chi connectivity index (χ3n) is 7.70. The minimum atomic E-state index is -4.10. The van der Waals surface area contributed by atoms with Gasteiger partial charge in [-0.3, -0.25) is 13.9 Å². The molecule has 218 valence electrons. The zero-order valence-corrected chi connectivity index (χ0v) is 26.2. The number of sulfonamides is 1. The molecule has 2 amide bonds. The van der Waals surface area contributed by atoms with Gasteiger partial charge in [0.25, 0.3) is 10.0 Å². The van der Waals surface area contributed by atoms with Crippen LogP contribution in [0.3, 0.4) is 0 Å². The molecule has 1 aliphatic rings. The number of carbonyl (C=O) groups is 2. The quantitative estimate of drug-likeness (QED) is 0.289. The van der Waals surface area contributed by atoms with Crippen LogP contribution in [0.4, 0.5) is 5.69 Å². The van der Waals surface area contributed by atoms with Crippen LogP contribution in [-0.2, 0) is 26.2 Å². The van der Waals surface area contributed by atoms with E-state index in [0.717, 1.165) is 46.7 Å². The number of hydrogen-bond donors (Lipinski definition) is 1. The lowest BCUT2D eigenvalue weighted by molar-refractivity contribution is -0.139. The van der Waals surface area contributed by atoms with E-state index in [1.165, 1.54) is 11.3 Å². The van der Waals surface area contributed by atoms with Gasteiger partial charge in [0, 0.05) is 17.1 Å². The summed E-state index contributed by atoms with van der Waals surface area (Å²) in [6, 6.07) is 20.4. The van der Waals surface area contributed by atoms with Crippen LogP contribution in [0.25, 0.3) is 0 Å². The van der Waals surface area contributed by atoms with E-state index in [1.807, 2.05) is 38.1 Å². The summed E-state index contributed by atoms with van der Waals surface area (Å²) in [5.41, 5.74) is 3.16. The molecule has 9 heteroatoms. The average molecular weight is 641 g/mol. The van der Waals surface area contributed by atoms with E-state index in [9.17, 15) is 18.0 Å². The molecule has 1 saturated carbocycles. The van der Waals surface area contributed by atoms with Crippen molar-refractivity contribution in [1.82, 2.24) is 10.2 Å². The standard InChI is InChI=1S/C32H38BrN3O4S/c1-23-16-18-30(19-17-23)41(39,40)36(29-15-9-12-27(33)20-29)22-31(37)35(21-26-11-8-7-10-24(26)2)25(3)32(38)34-28-13-5-4-6-14-28/h7-12,15-20,25,28H,4-6,13-14,21-22H2,1-3H3,(H,34,38). The Balaban J connectivity index is 1.68. The van der Waals surface area contributed by atoms with Crippen molar-refractivity contribution in [3.8, 4) is 0 Å². The van der Waals surface area contributed by atoms with E-state index in [1.54, 1.807) is 55.5 Å². The molecule has 0 aromatic heterocycles.